The van der Waals surface area contributed by atoms with Crippen LogP contribution >= 0.6 is 7.82 Å². The number of rotatable bonds is 33. The third-order valence-corrected chi connectivity index (χ3v) is 8.35. The van der Waals surface area contributed by atoms with Crippen LogP contribution in [0, 0.1) is 0 Å². The molecule has 9 heteroatoms. The minimum Gasteiger partial charge on any atom is -0.756 e. The molecule has 0 saturated carbocycles. The summed E-state index contributed by atoms with van der Waals surface area (Å²) in [6.07, 6.45) is 40.4. The van der Waals surface area contributed by atoms with Crippen LogP contribution in [-0.4, -0.2) is 70.7 Å². The predicted octanol–water partition coefficient (Wildman–Crippen LogP) is 9.58. The largest absolute Gasteiger partial charge is 0.756 e. The van der Waals surface area contributed by atoms with Gasteiger partial charge >= 0.3 is 5.97 Å². The standard InChI is InChI=1S/C39H70NO7P/c1-6-8-9-10-11-12-13-14-15-16-17-18-19-20-21-22-23-24-25-26-27-28-29-30-31-32-34-44-36-38(47-39(41)7-2)37-46-48(42,43)45-35-33-40(3,4)5/h8-9,11-12,14-15,17-18,20-21,38H,6-7,10,13,16,19,22-37H2,1-5H3/b9-8-,12-11-,15-14-,18-17-,21-20-. The van der Waals surface area contributed by atoms with Gasteiger partial charge in [0.15, 0.2) is 0 Å². The summed E-state index contributed by atoms with van der Waals surface area (Å²) in [5.74, 6) is -0.427. The molecule has 0 spiro atoms. The summed E-state index contributed by atoms with van der Waals surface area (Å²) < 4.78 is 33.5. The van der Waals surface area contributed by atoms with Crippen molar-refractivity contribution in [2.45, 2.75) is 129 Å². The van der Waals surface area contributed by atoms with Crippen molar-refractivity contribution >= 4 is 13.8 Å². The molecular weight excluding hydrogens is 625 g/mol. The number of likely N-dealkylation sites (N-methyl/N-ethyl adjacent to an activating group) is 1. The second-order valence-corrected chi connectivity index (χ2v) is 14.6. The molecule has 0 radical (unpaired) electrons. The SMILES string of the molecule is CC/C=C\C/C=C\C/C=C\C/C=C\C/C=C\CCCCCCCCCCCCOCC(COP(=O)([O-])OCC[N+](C)(C)C)OC(=O)CC. The fourth-order valence-corrected chi connectivity index (χ4v) is 5.22. The van der Waals surface area contributed by atoms with Crippen LogP contribution < -0.4 is 4.89 Å². The third-order valence-electron chi connectivity index (χ3n) is 7.39. The number of carbonyl (C=O) groups is 1. The second kappa shape index (κ2) is 32.4. The summed E-state index contributed by atoms with van der Waals surface area (Å²) >= 11 is 0. The van der Waals surface area contributed by atoms with Crippen LogP contribution in [0.5, 0.6) is 0 Å². The van der Waals surface area contributed by atoms with E-state index in [9.17, 15) is 14.3 Å². The molecule has 0 aromatic carbocycles. The van der Waals surface area contributed by atoms with Crippen LogP contribution in [0.3, 0.4) is 0 Å². The lowest BCUT2D eigenvalue weighted by Crippen LogP contribution is -2.37. The quantitative estimate of drug-likeness (QED) is 0.0222. The maximum Gasteiger partial charge on any atom is 0.305 e. The average Bonchev–Trinajstić information content (AvgIpc) is 3.04. The van der Waals surface area contributed by atoms with E-state index in [0.717, 1.165) is 44.9 Å². The monoisotopic (exact) mass is 695 g/mol. The molecule has 0 fully saturated rings. The predicted molar refractivity (Wildman–Crippen MR) is 199 cm³/mol. The van der Waals surface area contributed by atoms with Crippen LogP contribution in [0.2, 0.25) is 0 Å². The van der Waals surface area contributed by atoms with Gasteiger partial charge in [0, 0.05) is 13.0 Å². The van der Waals surface area contributed by atoms with E-state index < -0.39 is 19.9 Å². The fourth-order valence-electron chi connectivity index (χ4n) is 4.49. The number of carbonyl (C=O) groups excluding carboxylic acids is 1. The Morgan fingerprint density at radius 1 is 0.646 bits per heavy atom. The van der Waals surface area contributed by atoms with Crippen molar-refractivity contribution in [3.63, 3.8) is 0 Å². The van der Waals surface area contributed by atoms with Crippen LogP contribution in [0.4, 0.5) is 0 Å². The topological polar surface area (TPSA) is 94.1 Å². The van der Waals surface area contributed by atoms with E-state index in [1.165, 1.54) is 57.8 Å². The van der Waals surface area contributed by atoms with Crippen LogP contribution in [0.1, 0.15) is 123 Å². The molecule has 0 amide bonds. The summed E-state index contributed by atoms with van der Waals surface area (Å²) in [4.78, 5) is 23.8. The number of quaternary nitrogens is 1. The van der Waals surface area contributed by atoms with E-state index in [4.69, 9.17) is 18.5 Å². The first kappa shape index (κ1) is 46.2. The molecule has 0 aliphatic heterocycles. The Labute approximate surface area is 294 Å². The molecule has 0 saturated heterocycles. The summed E-state index contributed by atoms with van der Waals surface area (Å²) in [5.41, 5.74) is 0. The highest BCUT2D eigenvalue weighted by Gasteiger charge is 2.19. The first-order valence-corrected chi connectivity index (χ1v) is 20.0. The van der Waals surface area contributed by atoms with Gasteiger partial charge in [-0.1, -0.05) is 126 Å². The molecule has 0 N–H and O–H groups in total. The highest BCUT2D eigenvalue weighted by Crippen LogP contribution is 2.38. The van der Waals surface area contributed by atoms with Gasteiger partial charge in [-0.05, 0) is 51.4 Å². The molecule has 0 aliphatic rings. The second-order valence-electron chi connectivity index (χ2n) is 13.2. The van der Waals surface area contributed by atoms with Crippen molar-refractivity contribution in [1.82, 2.24) is 0 Å². The molecule has 2 atom stereocenters. The number of hydrogen-bond donors (Lipinski definition) is 0. The molecule has 2 unspecified atom stereocenters. The third kappa shape index (κ3) is 35.5. The molecule has 278 valence electrons. The Balaban J connectivity index is 3.73. The van der Waals surface area contributed by atoms with Gasteiger partial charge in [-0.25, -0.2) is 0 Å². The molecule has 0 aromatic heterocycles. The van der Waals surface area contributed by atoms with E-state index in [1.54, 1.807) is 6.92 Å². The Morgan fingerprint density at radius 3 is 1.62 bits per heavy atom. The minimum absolute atomic E-state index is 0.0205. The average molecular weight is 696 g/mol. The van der Waals surface area contributed by atoms with E-state index >= 15 is 0 Å². The molecule has 0 bridgehead atoms. The Kier molecular flexibility index (Phi) is 31.2. The maximum atomic E-state index is 12.1. The number of phosphoric acid groups is 1. The van der Waals surface area contributed by atoms with Crippen molar-refractivity contribution in [2.75, 3.05) is 54.1 Å². The summed E-state index contributed by atoms with van der Waals surface area (Å²) in [7, 11) is 1.33. The Hall–Kier alpha value is -1.80. The summed E-state index contributed by atoms with van der Waals surface area (Å²) in [5, 5.41) is 0. The number of esters is 1. The Morgan fingerprint density at radius 2 is 1.12 bits per heavy atom. The number of phosphoric ester groups is 1. The lowest BCUT2D eigenvalue weighted by atomic mass is 10.1. The van der Waals surface area contributed by atoms with E-state index in [1.807, 2.05) is 21.1 Å². The maximum absolute atomic E-state index is 12.1. The Bertz CT molecular complexity index is 952. The zero-order valence-corrected chi connectivity index (χ0v) is 32.1. The van der Waals surface area contributed by atoms with Crippen LogP contribution in [0.25, 0.3) is 0 Å². The molecular formula is C39H70NO7P. The molecule has 8 nitrogen and oxygen atoms in total. The molecule has 0 heterocycles. The van der Waals surface area contributed by atoms with Gasteiger partial charge in [-0.2, -0.15) is 0 Å². The first-order chi connectivity index (χ1) is 23.1. The van der Waals surface area contributed by atoms with Crippen LogP contribution in [0.15, 0.2) is 60.8 Å². The normalized spacial score (nSPS) is 14.7. The summed E-state index contributed by atoms with van der Waals surface area (Å²) in [6.45, 7) is 4.68. The van der Waals surface area contributed by atoms with E-state index in [-0.39, 0.29) is 26.2 Å². The van der Waals surface area contributed by atoms with Gasteiger partial charge in [0.05, 0.1) is 34.4 Å². The smallest absolute Gasteiger partial charge is 0.305 e. The van der Waals surface area contributed by atoms with E-state index in [0.29, 0.717) is 17.6 Å². The lowest BCUT2D eigenvalue weighted by Gasteiger charge is -2.28. The van der Waals surface area contributed by atoms with Crippen molar-refractivity contribution in [3.8, 4) is 0 Å². The van der Waals surface area contributed by atoms with Gasteiger partial charge in [0.2, 0.25) is 0 Å². The zero-order chi connectivity index (χ0) is 35.6. The molecule has 0 rings (SSSR count). The molecule has 0 aliphatic carbocycles. The number of hydrogen-bond acceptors (Lipinski definition) is 7. The highest BCUT2D eigenvalue weighted by atomic mass is 31.2. The minimum atomic E-state index is -4.49. The van der Waals surface area contributed by atoms with E-state index in [2.05, 4.69) is 67.7 Å². The summed E-state index contributed by atoms with van der Waals surface area (Å²) in [6, 6.07) is 0. The first-order valence-electron chi connectivity index (χ1n) is 18.5. The van der Waals surface area contributed by atoms with Crippen molar-refractivity contribution in [1.29, 1.82) is 0 Å². The van der Waals surface area contributed by atoms with Crippen LogP contribution in [-0.2, 0) is 27.9 Å². The van der Waals surface area contributed by atoms with Crippen molar-refractivity contribution < 1.29 is 37.3 Å². The van der Waals surface area contributed by atoms with Gasteiger partial charge in [-0.15, -0.1) is 0 Å². The lowest BCUT2D eigenvalue weighted by molar-refractivity contribution is -0.870. The molecule has 48 heavy (non-hydrogen) atoms. The van der Waals surface area contributed by atoms with Gasteiger partial charge in [0.25, 0.3) is 7.82 Å². The fraction of sp³-hybridized carbons (Fsp3) is 0.718. The molecule has 0 aromatic rings. The number of nitrogens with zero attached hydrogens (tertiary/aromatic N) is 1. The van der Waals surface area contributed by atoms with Gasteiger partial charge in [0.1, 0.15) is 19.3 Å². The van der Waals surface area contributed by atoms with Crippen molar-refractivity contribution in [3.05, 3.63) is 60.8 Å². The zero-order valence-electron chi connectivity index (χ0n) is 31.2. The highest BCUT2D eigenvalue weighted by molar-refractivity contribution is 7.45. The number of unbranched alkanes of at least 4 members (excludes halogenated alkanes) is 10. The van der Waals surface area contributed by atoms with Gasteiger partial charge in [-0.3, -0.25) is 9.36 Å². The number of ether oxygens (including phenoxy) is 2. The van der Waals surface area contributed by atoms with Crippen molar-refractivity contribution in [2.24, 2.45) is 0 Å². The van der Waals surface area contributed by atoms with Gasteiger partial charge < -0.3 is 27.9 Å². The number of allylic oxidation sites excluding steroid dienone is 10.